The molecule has 4 rings (SSSR count). The van der Waals surface area contributed by atoms with Crippen molar-refractivity contribution in [1.82, 2.24) is 20.2 Å². The van der Waals surface area contributed by atoms with E-state index >= 15 is 0 Å². The maximum atomic E-state index is 5.88. The molecule has 6 heteroatoms. The van der Waals surface area contributed by atoms with Crippen molar-refractivity contribution in [3.8, 4) is 34.6 Å². The van der Waals surface area contributed by atoms with Crippen molar-refractivity contribution in [2.24, 2.45) is 0 Å². The van der Waals surface area contributed by atoms with E-state index in [0.29, 0.717) is 23.3 Å². The zero-order valence-electron chi connectivity index (χ0n) is 14.1. The van der Waals surface area contributed by atoms with E-state index < -0.39 is 0 Å². The smallest absolute Gasteiger partial charge is 0.219 e. The maximum absolute atomic E-state index is 5.88. The minimum Gasteiger partial charge on any atom is -0.439 e. The summed E-state index contributed by atoms with van der Waals surface area (Å²) in [6, 6.07) is 20.4. The predicted molar refractivity (Wildman–Crippen MR) is 97.4 cm³/mol. The second-order valence-corrected chi connectivity index (χ2v) is 5.63. The van der Waals surface area contributed by atoms with Crippen LogP contribution in [0, 0.1) is 6.92 Å². The Morgan fingerprint density at radius 2 is 1.58 bits per heavy atom. The number of aromatic amines is 1. The van der Waals surface area contributed by atoms with Gasteiger partial charge in [0.15, 0.2) is 0 Å². The quantitative estimate of drug-likeness (QED) is 0.565. The highest BCUT2D eigenvalue weighted by Gasteiger charge is 2.06. The van der Waals surface area contributed by atoms with Crippen LogP contribution in [0.5, 0.6) is 23.3 Å². The van der Waals surface area contributed by atoms with Crippen molar-refractivity contribution in [2.45, 2.75) is 6.92 Å². The fourth-order valence-corrected chi connectivity index (χ4v) is 2.42. The van der Waals surface area contributed by atoms with Gasteiger partial charge in [-0.15, -0.1) is 0 Å². The summed E-state index contributed by atoms with van der Waals surface area (Å²) in [6.45, 7) is 1.92. The van der Waals surface area contributed by atoms with Crippen LogP contribution in [0.15, 0.2) is 72.9 Å². The first-order chi connectivity index (χ1) is 12.8. The lowest BCUT2D eigenvalue weighted by Gasteiger charge is -2.08. The summed E-state index contributed by atoms with van der Waals surface area (Å²) in [6.07, 6.45) is 1.68. The van der Waals surface area contributed by atoms with Crippen molar-refractivity contribution in [3.63, 3.8) is 0 Å². The number of benzene rings is 1. The van der Waals surface area contributed by atoms with E-state index in [1.807, 2.05) is 55.5 Å². The van der Waals surface area contributed by atoms with Crippen molar-refractivity contribution in [3.05, 3.63) is 78.6 Å². The topological polar surface area (TPSA) is 72.9 Å². The van der Waals surface area contributed by atoms with Gasteiger partial charge < -0.3 is 9.47 Å². The van der Waals surface area contributed by atoms with Crippen LogP contribution in [0.4, 0.5) is 0 Å². The number of nitrogens with zero attached hydrogens (tertiary/aromatic N) is 3. The SMILES string of the molecule is Cc1cc(-c2cccc(Oc3cccc(Oc4ccccn4)c3)n2)[nH]n1. The van der Waals surface area contributed by atoms with Gasteiger partial charge in [0, 0.05) is 24.4 Å². The summed E-state index contributed by atoms with van der Waals surface area (Å²) in [7, 11) is 0. The van der Waals surface area contributed by atoms with Crippen LogP contribution < -0.4 is 9.47 Å². The molecule has 0 aliphatic heterocycles. The molecule has 0 atom stereocenters. The lowest BCUT2D eigenvalue weighted by molar-refractivity contribution is 0.442. The average Bonchev–Trinajstić information content (AvgIpc) is 3.10. The molecular formula is C20H16N4O2. The zero-order valence-corrected chi connectivity index (χ0v) is 14.1. The molecule has 4 aromatic rings. The first-order valence-electron chi connectivity index (χ1n) is 8.12. The second kappa shape index (κ2) is 7.06. The van der Waals surface area contributed by atoms with E-state index in [9.17, 15) is 0 Å². The van der Waals surface area contributed by atoms with E-state index in [2.05, 4.69) is 20.2 Å². The summed E-state index contributed by atoms with van der Waals surface area (Å²) in [5.41, 5.74) is 2.52. The lowest BCUT2D eigenvalue weighted by atomic mass is 10.2. The number of ether oxygens (including phenoxy) is 2. The molecule has 128 valence electrons. The molecule has 0 aliphatic carbocycles. The number of pyridine rings is 2. The van der Waals surface area contributed by atoms with Gasteiger partial charge in [-0.2, -0.15) is 5.10 Å². The Bertz CT molecular complexity index is 1020. The fraction of sp³-hybridized carbons (Fsp3) is 0.0500. The van der Waals surface area contributed by atoms with E-state index in [-0.39, 0.29) is 0 Å². The summed E-state index contributed by atoms with van der Waals surface area (Å²) >= 11 is 0. The molecule has 1 aromatic carbocycles. The molecule has 0 unspecified atom stereocenters. The number of H-pyrrole nitrogens is 1. The van der Waals surface area contributed by atoms with Gasteiger partial charge in [0.2, 0.25) is 11.8 Å². The number of aryl methyl sites for hydroxylation is 1. The Labute approximate surface area is 150 Å². The largest absolute Gasteiger partial charge is 0.439 e. The molecule has 6 nitrogen and oxygen atoms in total. The molecule has 0 radical (unpaired) electrons. The molecule has 0 saturated heterocycles. The lowest BCUT2D eigenvalue weighted by Crippen LogP contribution is -1.91. The van der Waals surface area contributed by atoms with Gasteiger partial charge in [0.1, 0.15) is 11.5 Å². The molecule has 0 aliphatic rings. The Morgan fingerprint density at radius 3 is 2.31 bits per heavy atom. The van der Waals surface area contributed by atoms with E-state index in [0.717, 1.165) is 17.1 Å². The molecule has 0 saturated carbocycles. The van der Waals surface area contributed by atoms with E-state index in [4.69, 9.17) is 9.47 Å². The first-order valence-corrected chi connectivity index (χ1v) is 8.12. The van der Waals surface area contributed by atoms with Crippen molar-refractivity contribution < 1.29 is 9.47 Å². The zero-order chi connectivity index (χ0) is 17.8. The van der Waals surface area contributed by atoms with Crippen LogP contribution in [-0.2, 0) is 0 Å². The Balaban J connectivity index is 1.53. The normalized spacial score (nSPS) is 10.5. The maximum Gasteiger partial charge on any atom is 0.219 e. The third-order valence-corrected chi connectivity index (χ3v) is 3.59. The van der Waals surface area contributed by atoms with Gasteiger partial charge in [0.05, 0.1) is 17.1 Å². The number of nitrogens with one attached hydrogen (secondary N) is 1. The molecule has 0 fully saturated rings. The van der Waals surface area contributed by atoms with Gasteiger partial charge in [-0.3, -0.25) is 5.10 Å². The van der Waals surface area contributed by atoms with Crippen LogP contribution in [0.1, 0.15) is 5.69 Å². The minimum absolute atomic E-state index is 0.490. The average molecular weight is 344 g/mol. The Morgan fingerprint density at radius 1 is 0.808 bits per heavy atom. The van der Waals surface area contributed by atoms with E-state index in [1.165, 1.54) is 0 Å². The third-order valence-electron chi connectivity index (χ3n) is 3.59. The monoisotopic (exact) mass is 344 g/mol. The summed E-state index contributed by atoms with van der Waals surface area (Å²) in [5, 5.41) is 7.08. The molecule has 3 aromatic heterocycles. The van der Waals surface area contributed by atoms with Crippen molar-refractivity contribution in [1.29, 1.82) is 0 Å². The van der Waals surface area contributed by atoms with Crippen molar-refractivity contribution in [2.75, 3.05) is 0 Å². The summed E-state index contributed by atoms with van der Waals surface area (Å²) in [4.78, 5) is 8.67. The molecule has 3 heterocycles. The Hall–Kier alpha value is -3.67. The first kappa shape index (κ1) is 15.8. The van der Waals surface area contributed by atoms with Crippen LogP contribution in [0.25, 0.3) is 11.4 Å². The molecule has 1 N–H and O–H groups in total. The highest BCUT2D eigenvalue weighted by Crippen LogP contribution is 2.27. The van der Waals surface area contributed by atoms with Crippen LogP contribution in [0.3, 0.4) is 0 Å². The van der Waals surface area contributed by atoms with Crippen LogP contribution in [-0.4, -0.2) is 20.2 Å². The van der Waals surface area contributed by atoms with Gasteiger partial charge in [-0.05, 0) is 37.3 Å². The summed E-state index contributed by atoms with van der Waals surface area (Å²) < 4.78 is 11.6. The third kappa shape index (κ3) is 3.70. The number of hydrogen-bond donors (Lipinski definition) is 1. The Kier molecular flexibility index (Phi) is 4.30. The number of rotatable bonds is 5. The molecule has 26 heavy (non-hydrogen) atoms. The van der Waals surface area contributed by atoms with Gasteiger partial charge in [-0.25, -0.2) is 9.97 Å². The second-order valence-electron chi connectivity index (χ2n) is 5.63. The van der Waals surface area contributed by atoms with Crippen LogP contribution >= 0.6 is 0 Å². The number of aromatic nitrogens is 4. The highest BCUT2D eigenvalue weighted by molar-refractivity contribution is 5.55. The molecule has 0 amide bonds. The van der Waals surface area contributed by atoms with Gasteiger partial charge in [-0.1, -0.05) is 18.2 Å². The minimum atomic E-state index is 0.490. The van der Waals surface area contributed by atoms with Crippen molar-refractivity contribution >= 4 is 0 Å². The fourth-order valence-electron chi connectivity index (χ4n) is 2.42. The number of hydrogen-bond acceptors (Lipinski definition) is 5. The van der Waals surface area contributed by atoms with Crippen LogP contribution in [0.2, 0.25) is 0 Å². The summed E-state index contributed by atoms with van der Waals surface area (Å²) in [5.74, 6) is 2.29. The van der Waals surface area contributed by atoms with E-state index in [1.54, 1.807) is 24.4 Å². The predicted octanol–water partition coefficient (Wildman–Crippen LogP) is 4.76. The van der Waals surface area contributed by atoms with Gasteiger partial charge >= 0.3 is 0 Å². The standard InChI is InChI=1S/C20H16N4O2/c1-14-12-18(24-23-14)17-8-5-10-20(22-17)26-16-7-4-6-15(13-16)25-19-9-2-3-11-21-19/h2-13H,1H3,(H,23,24). The molecular weight excluding hydrogens is 328 g/mol. The molecule has 0 spiro atoms. The molecule has 0 bridgehead atoms. The highest BCUT2D eigenvalue weighted by atomic mass is 16.5. The van der Waals surface area contributed by atoms with Gasteiger partial charge in [0.25, 0.3) is 0 Å².